The van der Waals surface area contributed by atoms with Gasteiger partial charge in [0.15, 0.2) is 0 Å². The average molecular weight is 435 g/mol. The first kappa shape index (κ1) is 20.1. The molecule has 0 radical (unpaired) electrons. The Hall–Kier alpha value is -2.16. The predicted octanol–water partition coefficient (Wildman–Crippen LogP) is 3.26. The highest BCUT2D eigenvalue weighted by atomic mass is 35.5. The smallest absolute Gasteiger partial charge is 0.337 e. The minimum atomic E-state index is -0.377. The van der Waals surface area contributed by atoms with Gasteiger partial charge in [0.2, 0.25) is 0 Å². The van der Waals surface area contributed by atoms with Gasteiger partial charge in [0.1, 0.15) is 0 Å². The molecule has 3 heterocycles. The van der Waals surface area contributed by atoms with E-state index in [1.54, 1.807) is 18.3 Å². The van der Waals surface area contributed by atoms with Gasteiger partial charge in [0.25, 0.3) is 0 Å². The minimum Gasteiger partial charge on any atom is -0.463 e. The molecule has 0 unspecified atom stereocenters. The lowest BCUT2D eigenvalue weighted by molar-refractivity contribution is -0.138. The summed E-state index contributed by atoms with van der Waals surface area (Å²) in [5.41, 5.74) is 2.10. The van der Waals surface area contributed by atoms with Crippen LogP contribution in [0.1, 0.15) is 30.7 Å². The van der Waals surface area contributed by atoms with Crippen molar-refractivity contribution >= 4 is 45.2 Å². The van der Waals surface area contributed by atoms with Crippen LogP contribution >= 0.6 is 22.9 Å². The Labute approximate surface area is 178 Å². The number of thiazole rings is 1. The largest absolute Gasteiger partial charge is 0.463 e. The van der Waals surface area contributed by atoms with Crippen molar-refractivity contribution in [3.05, 3.63) is 39.5 Å². The number of ether oxygens (including phenoxy) is 1. The number of esters is 1. The van der Waals surface area contributed by atoms with Gasteiger partial charge in [-0.3, -0.25) is 4.90 Å². The number of halogens is 1. The van der Waals surface area contributed by atoms with E-state index in [9.17, 15) is 9.59 Å². The second kappa shape index (κ2) is 8.69. The standard InChI is InChI=1S/C20H23ClN4O3S/c1-2-28-19(26)14-10-22-20(27)24-16(14)11-25-7-5-12(6-8-25)18-23-15-9-13(21)3-4-17(15)29-18/h3-4,9,12H,2,5-8,10-11H2,1H3,(H2,22,24,27). The molecule has 4 rings (SSSR count). The number of piperidine rings is 1. The summed E-state index contributed by atoms with van der Waals surface area (Å²) in [7, 11) is 0. The number of benzene rings is 1. The molecule has 2 amide bonds. The molecule has 0 bridgehead atoms. The molecule has 0 saturated carbocycles. The minimum absolute atomic E-state index is 0.199. The van der Waals surface area contributed by atoms with Crippen molar-refractivity contribution in [3.8, 4) is 0 Å². The average Bonchev–Trinajstić information content (AvgIpc) is 3.12. The third kappa shape index (κ3) is 4.55. The molecule has 1 aromatic heterocycles. The van der Waals surface area contributed by atoms with Gasteiger partial charge in [0, 0.05) is 23.2 Å². The molecular formula is C20H23ClN4O3S. The first-order valence-electron chi connectivity index (χ1n) is 9.76. The second-order valence-corrected chi connectivity index (χ2v) is 8.70. The van der Waals surface area contributed by atoms with Gasteiger partial charge in [-0.2, -0.15) is 0 Å². The van der Waals surface area contributed by atoms with Gasteiger partial charge in [-0.25, -0.2) is 14.6 Å². The topological polar surface area (TPSA) is 83.6 Å². The van der Waals surface area contributed by atoms with Crippen molar-refractivity contribution in [2.24, 2.45) is 0 Å². The summed E-state index contributed by atoms with van der Waals surface area (Å²) in [6, 6.07) is 5.55. The summed E-state index contributed by atoms with van der Waals surface area (Å²) < 4.78 is 6.29. The van der Waals surface area contributed by atoms with E-state index in [-0.39, 0.29) is 18.5 Å². The highest BCUT2D eigenvalue weighted by Gasteiger charge is 2.28. The summed E-state index contributed by atoms with van der Waals surface area (Å²) in [4.78, 5) is 31.0. The van der Waals surface area contributed by atoms with Crippen LogP contribution in [0.25, 0.3) is 10.2 Å². The van der Waals surface area contributed by atoms with Crippen LogP contribution in [0.4, 0.5) is 4.79 Å². The highest BCUT2D eigenvalue weighted by molar-refractivity contribution is 7.18. The fourth-order valence-corrected chi connectivity index (χ4v) is 5.02. The zero-order chi connectivity index (χ0) is 20.4. The lowest BCUT2D eigenvalue weighted by Crippen LogP contribution is -2.47. The Bertz CT molecular complexity index is 966. The molecule has 154 valence electrons. The van der Waals surface area contributed by atoms with Gasteiger partial charge in [-0.1, -0.05) is 11.6 Å². The van der Waals surface area contributed by atoms with E-state index >= 15 is 0 Å². The maximum Gasteiger partial charge on any atom is 0.337 e. The van der Waals surface area contributed by atoms with Crippen LogP contribution in [0.3, 0.4) is 0 Å². The van der Waals surface area contributed by atoms with Crippen molar-refractivity contribution in [1.82, 2.24) is 20.5 Å². The fraction of sp³-hybridized carbons (Fsp3) is 0.450. The van der Waals surface area contributed by atoms with Gasteiger partial charge in [-0.05, 0) is 51.1 Å². The second-order valence-electron chi connectivity index (χ2n) is 7.20. The molecule has 1 aromatic carbocycles. The van der Waals surface area contributed by atoms with Crippen LogP contribution in [-0.4, -0.2) is 54.7 Å². The summed E-state index contributed by atoms with van der Waals surface area (Å²) >= 11 is 7.81. The fourth-order valence-electron chi connectivity index (χ4n) is 3.74. The van der Waals surface area contributed by atoms with Crippen LogP contribution in [-0.2, 0) is 9.53 Å². The van der Waals surface area contributed by atoms with Crippen LogP contribution < -0.4 is 10.6 Å². The van der Waals surface area contributed by atoms with Gasteiger partial charge < -0.3 is 15.4 Å². The summed E-state index contributed by atoms with van der Waals surface area (Å²) in [6.45, 7) is 4.57. The molecule has 1 saturated heterocycles. The van der Waals surface area contributed by atoms with E-state index in [2.05, 4.69) is 15.5 Å². The lowest BCUT2D eigenvalue weighted by Gasteiger charge is -2.33. The van der Waals surface area contributed by atoms with Gasteiger partial charge >= 0.3 is 12.0 Å². The van der Waals surface area contributed by atoms with Crippen molar-refractivity contribution in [3.63, 3.8) is 0 Å². The molecule has 29 heavy (non-hydrogen) atoms. The van der Waals surface area contributed by atoms with Crippen LogP contribution in [0.15, 0.2) is 29.5 Å². The Kier molecular flexibility index (Phi) is 6.03. The van der Waals surface area contributed by atoms with E-state index in [0.717, 1.165) is 41.2 Å². The Morgan fingerprint density at radius 1 is 1.38 bits per heavy atom. The monoisotopic (exact) mass is 434 g/mol. The van der Waals surface area contributed by atoms with E-state index in [0.29, 0.717) is 35.4 Å². The number of aromatic nitrogens is 1. The zero-order valence-electron chi connectivity index (χ0n) is 16.2. The number of carbonyl (C=O) groups excluding carboxylic acids is 2. The number of amides is 2. The third-order valence-corrected chi connectivity index (χ3v) is 6.69. The Morgan fingerprint density at radius 2 is 2.17 bits per heavy atom. The molecule has 2 aliphatic heterocycles. The lowest BCUT2D eigenvalue weighted by atomic mass is 9.97. The van der Waals surface area contributed by atoms with Crippen molar-refractivity contribution < 1.29 is 14.3 Å². The summed E-state index contributed by atoms with van der Waals surface area (Å²) in [6.07, 6.45) is 1.98. The quantitative estimate of drug-likeness (QED) is 0.706. The SMILES string of the molecule is CCOC(=O)C1=C(CN2CCC(c3nc4cc(Cl)ccc4s3)CC2)NC(=O)NC1. The van der Waals surface area contributed by atoms with Crippen LogP contribution in [0, 0.1) is 0 Å². The van der Waals surface area contributed by atoms with Crippen molar-refractivity contribution in [2.45, 2.75) is 25.7 Å². The first-order valence-corrected chi connectivity index (χ1v) is 10.9. The van der Waals surface area contributed by atoms with Crippen molar-refractivity contribution in [1.29, 1.82) is 0 Å². The molecule has 1 fully saturated rings. The zero-order valence-corrected chi connectivity index (χ0v) is 17.7. The molecule has 0 aliphatic carbocycles. The van der Waals surface area contributed by atoms with E-state index in [1.807, 2.05) is 18.2 Å². The number of hydrogen-bond acceptors (Lipinski definition) is 6. The van der Waals surface area contributed by atoms with Crippen LogP contribution in [0.5, 0.6) is 0 Å². The number of hydrogen-bond donors (Lipinski definition) is 2. The Morgan fingerprint density at radius 3 is 2.93 bits per heavy atom. The summed E-state index contributed by atoms with van der Waals surface area (Å²) in [5, 5.41) is 7.29. The summed E-state index contributed by atoms with van der Waals surface area (Å²) in [5.74, 6) is 0.0431. The third-order valence-electron chi connectivity index (χ3n) is 5.26. The van der Waals surface area contributed by atoms with Crippen LogP contribution in [0.2, 0.25) is 5.02 Å². The van der Waals surface area contributed by atoms with Gasteiger partial charge in [0.05, 0.1) is 33.9 Å². The normalized spacial score (nSPS) is 18.6. The number of carbonyl (C=O) groups is 2. The van der Waals surface area contributed by atoms with E-state index < -0.39 is 0 Å². The molecule has 0 spiro atoms. The maximum absolute atomic E-state index is 12.2. The highest BCUT2D eigenvalue weighted by Crippen LogP contribution is 2.34. The van der Waals surface area contributed by atoms with E-state index in [1.165, 1.54) is 0 Å². The first-order chi connectivity index (χ1) is 14.0. The Balaban J connectivity index is 1.41. The number of urea groups is 1. The number of rotatable bonds is 5. The molecule has 2 aromatic rings. The van der Waals surface area contributed by atoms with Crippen molar-refractivity contribution in [2.75, 3.05) is 32.8 Å². The molecule has 2 N–H and O–H groups in total. The van der Waals surface area contributed by atoms with E-state index in [4.69, 9.17) is 21.3 Å². The molecule has 2 aliphatic rings. The number of nitrogens with one attached hydrogen (secondary N) is 2. The number of likely N-dealkylation sites (tertiary alicyclic amines) is 1. The molecule has 7 nitrogen and oxygen atoms in total. The molecule has 0 atom stereocenters. The number of nitrogens with zero attached hydrogens (tertiary/aromatic N) is 2. The predicted molar refractivity (Wildman–Crippen MR) is 113 cm³/mol. The number of fused-ring (bicyclic) bond motifs is 1. The van der Waals surface area contributed by atoms with Gasteiger partial charge in [-0.15, -0.1) is 11.3 Å². The maximum atomic E-state index is 12.2. The molecule has 9 heteroatoms. The molecular weight excluding hydrogens is 412 g/mol.